The van der Waals surface area contributed by atoms with Crippen molar-refractivity contribution in [1.82, 2.24) is 19.5 Å². The number of anilines is 1. The van der Waals surface area contributed by atoms with E-state index < -0.39 is 23.7 Å². The van der Waals surface area contributed by atoms with Crippen molar-refractivity contribution in [3.05, 3.63) is 12.7 Å². The summed E-state index contributed by atoms with van der Waals surface area (Å²) in [4.78, 5) is 38.3. The molecule has 0 saturated carbocycles. The van der Waals surface area contributed by atoms with E-state index in [1.807, 2.05) is 4.90 Å². The number of hydrogen-bond donors (Lipinski definition) is 2. The Morgan fingerprint density at radius 3 is 2.57 bits per heavy atom. The summed E-state index contributed by atoms with van der Waals surface area (Å²) in [6.07, 6.45) is 3.41. The van der Waals surface area contributed by atoms with Crippen molar-refractivity contribution < 1.29 is 19.4 Å². The average molecular weight is 390 g/mol. The number of aliphatic carboxylic acids is 1. The van der Waals surface area contributed by atoms with E-state index in [0.29, 0.717) is 42.9 Å². The summed E-state index contributed by atoms with van der Waals surface area (Å²) in [7, 11) is 0. The monoisotopic (exact) mass is 390 g/mol. The van der Waals surface area contributed by atoms with Crippen LogP contribution in [0.5, 0.6) is 0 Å². The zero-order valence-electron chi connectivity index (χ0n) is 16.3. The maximum Gasteiger partial charge on any atom is 0.309 e. The van der Waals surface area contributed by atoms with E-state index in [1.165, 1.54) is 6.33 Å². The molecular formula is C18H26N6O4. The molecular weight excluding hydrogens is 364 g/mol. The standard InChI is InChI=1S/C18H26N6O4/c1-18(2,3)28-13(25)8-12(19)24-10-22-14-15(20-9-21-16(14)24)23-6-4-11(5-7-23)17(26)27/h9-12H,4-8,19H2,1-3H3,(H,26,27). The first kappa shape index (κ1) is 20.0. The molecule has 0 aromatic carbocycles. The number of hydrogen-bond acceptors (Lipinski definition) is 8. The van der Waals surface area contributed by atoms with Gasteiger partial charge in [0.15, 0.2) is 17.0 Å². The highest BCUT2D eigenvalue weighted by Crippen LogP contribution is 2.27. The van der Waals surface area contributed by atoms with Crippen molar-refractivity contribution in [2.45, 2.75) is 51.8 Å². The van der Waals surface area contributed by atoms with Gasteiger partial charge in [0.1, 0.15) is 11.9 Å². The molecule has 28 heavy (non-hydrogen) atoms. The van der Waals surface area contributed by atoms with Crippen LogP contribution in [0.25, 0.3) is 11.2 Å². The van der Waals surface area contributed by atoms with Crippen LogP contribution in [0, 0.1) is 5.92 Å². The molecule has 0 spiro atoms. The highest BCUT2D eigenvalue weighted by atomic mass is 16.6. The zero-order valence-corrected chi connectivity index (χ0v) is 16.3. The third-order valence-electron chi connectivity index (χ3n) is 4.64. The molecule has 1 fully saturated rings. The summed E-state index contributed by atoms with van der Waals surface area (Å²) in [5.41, 5.74) is 6.72. The molecule has 0 radical (unpaired) electrons. The lowest BCUT2D eigenvalue weighted by molar-refractivity contribution is -0.155. The predicted molar refractivity (Wildman–Crippen MR) is 102 cm³/mol. The lowest BCUT2D eigenvalue weighted by Gasteiger charge is -2.30. The molecule has 1 aliphatic rings. The predicted octanol–water partition coefficient (Wildman–Crippen LogP) is 1.32. The van der Waals surface area contributed by atoms with E-state index >= 15 is 0 Å². The fraction of sp³-hybridized carbons (Fsp3) is 0.611. The number of carbonyl (C=O) groups excluding carboxylic acids is 1. The topological polar surface area (TPSA) is 136 Å². The van der Waals surface area contributed by atoms with Gasteiger partial charge in [-0.05, 0) is 33.6 Å². The Labute approximate surface area is 162 Å². The van der Waals surface area contributed by atoms with Crippen LogP contribution in [-0.2, 0) is 14.3 Å². The number of esters is 1. The van der Waals surface area contributed by atoms with Crippen molar-refractivity contribution >= 4 is 28.9 Å². The molecule has 1 atom stereocenters. The molecule has 152 valence electrons. The van der Waals surface area contributed by atoms with Gasteiger partial charge in [0.2, 0.25) is 0 Å². The Bertz CT molecular complexity index is 867. The third kappa shape index (κ3) is 4.38. The van der Waals surface area contributed by atoms with Gasteiger partial charge in [0.05, 0.1) is 24.8 Å². The summed E-state index contributed by atoms with van der Waals surface area (Å²) >= 11 is 0. The highest BCUT2D eigenvalue weighted by molar-refractivity contribution is 5.84. The van der Waals surface area contributed by atoms with Crippen LogP contribution in [0.4, 0.5) is 5.82 Å². The largest absolute Gasteiger partial charge is 0.481 e. The second-order valence-corrected chi connectivity index (χ2v) is 7.98. The Morgan fingerprint density at radius 2 is 1.96 bits per heavy atom. The number of imidazole rings is 1. The molecule has 2 aromatic rings. The zero-order chi connectivity index (χ0) is 20.5. The van der Waals surface area contributed by atoms with Gasteiger partial charge in [-0.2, -0.15) is 0 Å². The van der Waals surface area contributed by atoms with Crippen LogP contribution in [0.15, 0.2) is 12.7 Å². The number of carboxylic acid groups (broad SMARTS) is 1. The number of carbonyl (C=O) groups is 2. The molecule has 0 amide bonds. The molecule has 10 nitrogen and oxygen atoms in total. The first-order chi connectivity index (χ1) is 13.2. The second-order valence-electron chi connectivity index (χ2n) is 7.98. The third-order valence-corrected chi connectivity index (χ3v) is 4.64. The minimum absolute atomic E-state index is 0.00787. The number of fused-ring (bicyclic) bond motifs is 1. The van der Waals surface area contributed by atoms with Gasteiger partial charge >= 0.3 is 11.9 Å². The van der Waals surface area contributed by atoms with Gasteiger partial charge in [-0.25, -0.2) is 15.0 Å². The molecule has 10 heteroatoms. The summed E-state index contributed by atoms with van der Waals surface area (Å²) < 4.78 is 6.96. The second kappa shape index (κ2) is 7.70. The first-order valence-electron chi connectivity index (χ1n) is 9.28. The summed E-state index contributed by atoms with van der Waals surface area (Å²) in [5.74, 6) is -0.831. The molecule has 1 unspecified atom stereocenters. The first-order valence-corrected chi connectivity index (χ1v) is 9.28. The number of ether oxygens (including phenoxy) is 1. The van der Waals surface area contributed by atoms with Gasteiger partial charge in [-0.3, -0.25) is 14.2 Å². The van der Waals surface area contributed by atoms with Crippen LogP contribution in [0.3, 0.4) is 0 Å². The minimum Gasteiger partial charge on any atom is -0.481 e. The highest BCUT2D eigenvalue weighted by Gasteiger charge is 2.27. The van der Waals surface area contributed by atoms with Gasteiger partial charge in [0.25, 0.3) is 0 Å². The minimum atomic E-state index is -0.759. The van der Waals surface area contributed by atoms with E-state index in [2.05, 4.69) is 15.0 Å². The van der Waals surface area contributed by atoms with Crippen molar-refractivity contribution in [2.24, 2.45) is 11.7 Å². The number of carboxylic acids is 1. The molecule has 1 saturated heterocycles. The fourth-order valence-electron chi connectivity index (χ4n) is 3.30. The summed E-state index contributed by atoms with van der Waals surface area (Å²) in [5, 5.41) is 9.16. The molecule has 2 aromatic heterocycles. The van der Waals surface area contributed by atoms with Crippen LogP contribution in [0.1, 0.15) is 46.2 Å². The van der Waals surface area contributed by atoms with Crippen molar-refractivity contribution in [2.75, 3.05) is 18.0 Å². The van der Waals surface area contributed by atoms with Crippen LogP contribution < -0.4 is 10.6 Å². The van der Waals surface area contributed by atoms with Gasteiger partial charge in [0, 0.05) is 13.1 Å². The number of piperidine rings is 1. The molecule has 3 rings (SSSR count). The van der Waals surface area contributed by atoms with E-state index in [1.54, 1.807) is 31.7 Å². The van der Waals surface area contributed by atoms with Gasteiger partial charge in [-0.15, -0.1) is 0 Å². The Kier molecular flexibility index (Phi) is 5.50. The SMILES string of the molecule is CC(C)(C)OC(=O)CC(N)n1cnc2c(N3CCC(C(=O)O)CC3)ncnc21. The quantitative estimate of drug-likeness (QED) is 0.724. The van der Waals surface area contributed by atoms with Crippen LogP contribution in [-0.4, -0.2) is 55.3 Å². The average Bonchev–Trinajstić information content (AvgIpc) is 3.04. The van der Waals surface area contributed by atoms with Crippen LogP contribution >= 0.6 is 0 Å². The number of aromatic nitrogens is 4. The van der Waals surface area contributed by atoms with Crippen LogP contribution in [0.2, 0.25) is 0 Å². The van der Waals surface area contributed by atoms with Gasteiger partial charge in [-0.1, -0.05) is 0 Å². The number of rotatable bonds is 5. The number of nitrogens with two attached hydrogens (primary N) is 1. The van der Waals surface area contributed by atoms with E-state index in [-0.39, 0.29) is 12.3 Å². The molecule has 0 aliphatic carbocycles. The van der Waals surface area contributed by atoms with Crippen molar-refractivity contribution in [3.63, 3.8) is 0 Å². The fourth-order valence-corrected chi connectivity index (χ4v) is 3.30. The molecule has 3 N–H and O–H groups in total. The maximum atomic E-state index is 12.1. The Balaban J connectivity index is 1.78. The van der Waals surface area contributed by atoms with Crippen molar-refractivity contribution in [3.8, 4) is 0 Å². The summed E-state index contributed by atoms with van der Waals surface area (Å²) in [6.45, 7) is 6.57. The molecule has 1 aliphatic heterocycles. The smallest absolute Gasteiger partial charge is 0.309 e. The summed E-state index contributed by atoms with van der Waals surface area (Å²) in [6, 6.07) is 0. The van der Waals surface area contributed by atoms with E-state index in [4.69, 9.17) is 15.6 Å². The Hall–Kier alpha value is -2.75. The molecule has 3 heterocycles. The number of nitrogens with zero attached hydrogens (tertiary/aromatic N) is 5. The Morgan fingerprint density at radius 1 is 1.29 bits per heavy atom. The lowest BCUT2D eigenvalue weighted by atomic mass is 9.97. The normalized spacial score (nSPS) is 16.9. The molecule has 0 bridgehead atoms. The van der Waals surface area contributed by atoms with Gasteiger partial charge < -0.3 is 20.5 Å². The lowest BCUT2D eigenvalue weighted by Crippen LogP contribution is -2.37. The van der Waals surface area contributed by atoms with Crippen molar-refractivity contribution in [1.29, 1.82) is 0 Å². The van der Waals surface area contributed by atoms with E-state index in [9.17, 15) is 9.59 Å². The van der Waals surface area contributed by atoms with E-state index in [0.717, 1.165) is 0 Å². The maximum absolute atomic E-state index is 12.1.